The number of carboxylic acids is 1. The Morgan fingerprint density at radius 1 is 1.20 bits per heavy atom. The summed E-state index contributed by atoms with van der Waals surface area (Å²) in [6, 6.07) is 7.08. The Hall–Kier alpha value is -1.88. The average molecular weight is 276 g/mol. The molecule has 0 bridgehead atoms. The lowest BCUT2D eigenvalue weighted by Gasteiger charge is -2.34. The third-order valence-electron chi connectivity index (χ3n) is 3.71. The standard InChI is InChI=1S/C15H20N2O3/c1-12(18)17-9-7-16(8-10-17)6-5-13-3-2-4-14(11-13)15(19)20/h2-4,11H,5-10H2,1H3,(H,19,20). The Labute approximate surface area is 118 Å². The normalized spacial score (nSPS) is 16.1. The van der Waals surface area contributed by atoms with E-state index >= 15 is 0 Å². The minimum absolute atomic E-state index is 0.138. The SMILES string of the molecule is CC(=O)N1CCN(CCc2cccc(C(=O)O)c2)CC1. The highest BCUT2D eigenvalue weighted by Gasteiger charge is 2.18. The van der Waals surface area contributed by atoms with Crippen molar-refractivity contribution in [2.45, 2.75) is 13.3 Å². The van der Waals surface area contributed by atoms with E-state index in [1.807, 2.05) is 11.0 Å². The summed E-state index contributed by atoms with van der Waals surface area (Å²) >= 11 is 0. The number of carboxylic acid groups (broad SMARTS) is 1. The highest BCUT2D eigenvalue weighted by atomic mass is 16.4. The zero-order chi connectivity index (χ0) is 14.5. The van der Waals surface area contributed by atoms with Crippen LogP contribution in [0, 0.1) is 0 Å². The molecular weight excluding hydrogens is 256 g/mol. The molecule has 1 aromatic carbocycles. The van der Waals surface area contributed by atoms with E-state index in [4.69, 9.17) is 5.11 Å². The summed E-state index contributed by atoms with van der Waals surface area (Å²) in [7, 11) is 0. The van der Waals surface area contributed by atoms with Gasteiger partial charge in [-0.15, -0.1) is 0 Å². The molecule has 1 fully saturated rings. The van der Waals surface area contributed by atoms with Gasteiger partial charge >= 0.3 is 5.97 Å². The highest BCUT2D eigenvalue weighted by molar-refractivity contribution is 5.87. The molecule has 5 nitrogen and oxygen atoms in total. The molecule has 0 saturated carbocycles. The van der Waals surface area contributed by atoms with Gasteiger partial charge in [-0.05, 0) is 24.1 Å². The van der Waals surface area contributed by atoms with Crippen molar-refractivity contribution in [2.75, 3.05) is 32.7 Å². The number of carbonyl (C=O) groups is 2. The highest BCUT2D eigenvalue weighted by Crippen LogP contribution is 2.08. The summed E-state index contributed by atoms with van der Waals surface area (Å²) in [4.78, 5) is 26.3. The second-order valence-corrected chi connectivity index (χ2v) is 5.10. The summed E-state index contributed by atoms with van der Waals surface area (Å²) in [6.45, 7) is 5.84. The van der Waals surface area contributed by atoms with Crippen molar-refractivity contribution in [3.8, 4) is 0 Å². The lowest BCUT2D eigenvalue weighted by atomic mass is 10.1. The molecule has 2 rings (SSSR count). The number of hydrogen-bond acceptors (Lipinski definition) is 3. The van der Waals surface area contributed by atoms with Crippen molar-refractivity contribution in [2.24, 2.45) is 0 Å². The number of rotatable bonds is 4. The van der Waals surface area contributed by atoms with Crippen molar-refractivity contribution in [1.29, 1.82) is 0 Å². The topological polar surface area (TPSA) is 60.9 Å². The predicted octanol–water partition coefficient (Wildman–Crippen LogP) is 1.09. The van der Waals surface area contributed by atoms with Gasteiger partial charge in [-0.2, -0.15) is 0 Å². The molecule has 0 unspecified atom stereocenters. The number of amides is 1. The molecule has 0 aliphatic carbocycles. The van der Waals surface area contributed by atoms with Gasteiger partial charge in [-0.1, -0.05) is 12.1 Å². The van der Waals surface area contributed by atoms with Crippen molar-refractivity contribution < 1.29 is 14.7 Å². The third-order valence-corrected chi connectivity index (χ3v) is 3.71. The van der Waals surface area contributed by atoms with Crippen LogP contribution >= 0.6 is 0 Å². The van der Waals surface area contributed by atoms with E-state index in [1.165, 1.54) is 0 Å². The smallest absolute Gasteiger partial charge is 0.335 e. The first-order valence-corrected chi connectivity index (χ1v) is 6.86. The third kappa shape index (κ3) is 3.81. The first kappa shape index (κ1) is 14.5. The second-order valence-electron chi connectivity index (χ2n) is 5.10. The Morgan fingerprint density at radius 3 is 2.50 bits per heavy atom. The number of benzene rings is 1. The quantitative estimate of drug-likeness (QED) is 0.894. The maximum Gasteiger partial charge on any atom is 0.335 e. The van der Waals surface area contributed by atoms with E-state index in [2.05, 4.69) is 4.90 Å². The minimum atomic E-state index is -0.887. The van der Waals surface area contributed by atoms with E-state index in [9.17, 15) is 9.59 Å². The van der Waals surface area contributed by atoms with Crippen LogP contribution in [0.3, 0.4) is 0 Å². The fraction of sp³-hybridized carbons (Fsp3) is 0.467. The number of nitrogens with zero attached hydrogens (tertiary/aromatic N) is 2. The molecule has 0 radical (unpaired) electrons. The van der Waals surface area contributed by atoms with Crippen molar-refractivity contribution in [3.05, 3.63) is 35.4 Å². The summed E-state index contributed by atoms with van der Waals surface area (Å²) in [5.74, 6) is -0.749. The van der Waals surface area contributed by atoms with Crippen LogP contribution in [0.15, 0.2) is 24.3 Å². The molecule has 20 heavy (non-hydrogen) atoms. The Kier molecular flexibility index (Phi) is 4.74. The van der Waals surface area contributed by atoms with Crippen LogP contribution < -0.4 is 0 Å². The monoisotopic (exact) mass is 276 g/mol. The van der Waals surface area contributed by atoms with Gasteiger partial charge in [0.05, 0.1) is 5.56 Å². The van der Waals surface area contributed by atoms with Crippen LogP contribution in [0.1, 0.15) is 22.8 Å². The van der Waals surface area contributed by atoms with Gasteiger partial charge in [0.2, 0.25) is 5.91 Å². The number of aromatic carboxylic acids is 1. The number of carbonyl (C=O) groups excluding carboxylic acids is 1. The largest absolute Gasteiger partial charge is 0.478 e. The molecule has 0 aromatic heterocycles. The van der Waals surface area contributed by atoms with Gasteiger partial charge < -0.3 is 10.0 Å². The molecule has 1 saturated heterocycles. The molecular formula is C15H20N2O3. The van der Waals surface area contributed by atoms with Crippen LogP contribution in [0.2, 0.25) is 0 Å². The summed E-state index contributed by atoms with van der Waals surface area (Å²) in [5, 5.41) is 8.96. The Bertz CT molecular complexity index is 494. The first-order valence-electron chi connectivity index (χ1n) is 6.86. The number of hydrogen-bond donors (Lipinski definition) is 1. The lowest BCUT2D eigenvalue weighted by molar-refractivity contribution is -0.130. The molecule has 1 aromatic rings. The van der Waals surface area contributed by atoms with E-state index in [-0.39, 0.29) is 5.91 Å². The Balaban J connectivity index is 1.83. The first-order chi connectivity index (χ1) is 9.56. The van der Waals surface area contributed by atoms with Crippen molar-refractivity contribution in [3.63, 3.8) is 0 Å². The van der Waals surface area contributed by atoms with Crippen LogP contribution in [0.25, 0.3) is 0 Å². The molecule has 0 spiro atoms. The summed E-state index contributed by atoms with van der Waals surface area (Å²) < 4.78 is 0. The van der Waals surface area contributed by atoms with Gasteiger partial charge in [0.15, 0.2) is 0 Å². The van der Waals surface area contributed by atoms with Gasteiger partial charge in [0, 0.05) is 39.6 Å². The van der Waals surface area contributed by atoms with Crippen LogP contribution in [-0.2, 0) is 11.2 Å². The van der Waals surface area contributed by atoms with Crippen molar-refractivity contribution in [1.82, 2.24) is 9.80 Å². The van der Waals surface area contributed by atoms with Crippen LogP contribution in [0.4, 0.5) is 0 Å². The van der Waals surface area contributed by atoms with Crippen LogP contribution in [-0.4, -0.2) is 59.5 Å². The zero-order valence-corrected chi connectivity index (χ0v) is 11.7. The summed E-state index contributed by atoms with van der Waals surface area (Å²) in [6.07, 6.45) is 0.835. The predicted molar refractivity (Wildman–Crippen MR) is 75.8 cm³/mol. The molecule has 1 aliphatic rings. The van der Waals surface area contributed by atoms with Gasteiger partial charge in [-0.3, -0.25) is 9.69 Å². The molecule has 0 atom stereocenters. The average Bonchev–Trinajstić information content (AvgIpc) is 2.46. The van der Waals surface area contributed by atoms with Gasteiger partial charge in [0.25, 0.3) is 0 Å². The van der Waals surface area contributed by atoms with E-state index in [0.717, 1.165) is 44.7 Å². The maximum atomic E-state index is 11.2. The molecule has 1 aliphatic heterocycles. The van der Waals surface area contributed by atoms with E-state index < -0.39 is 5.97 Å². The molecule has 1 heterocycles. The molecule has 1 amide bonds. The van der Waals surface area contributed by atoms with E-state index in [1.54, 1.807) is 25.1 Å². The van der Waals surface area contributed by atoms with Gasteiger partial charge in [0.1, 0.15) is 0 Å². The van der Waals surface area contributed by atoms with Crippen LogP contribution in [0.5, 0.6) is 0 Å². The number of piperazine rings is 1. The maximum absolute atomic E-state index is 11.2. The molecule has 108 valence electrons. The fourth-order valence-corrected chi connectivity index (χ4v) is 2.43. The van der Waals surface area contributed by atoms with Crippen molar-refractivity contribution >= 4 is 11.9 Å². The fourth-order valence-electron chi connectivity index (χ4n) is 2.43. The zero-order valence-electron chi connectivity index (χ0n) is 11.7. The summed E-state index contributed by atoms with van der Waals surface area (Å²) in [5.41, 5.74) is 1.38. The minimum Gasteiger partial charge on any atom is -0.478 e. The van der Waals surface area contributed by atoms with Gasteiger partial charge in [-0.25, -0.2) is 4.79 Å². The second kappa shape index (κ2) is 6.52. The molecule has 1 N–H and O–H groups in total. The Morgan fingerprint density at radius 2 is 1.90 bits per heavy atom. The lowest BCUT2D eigenvalue weighted by Crippen LogP contribution is -2.48. The van der Waals surface area contributed by atoms with E-state index in [0.29, 0.717) is 5.56 Å². The molecule has 5 heteroatoms.